The van der Waals surface area contributed by atoms with Gasteiger partial charge in [0, 0.05) is 21.9 Å². The van der Waals surface area contributed by atoms with Crippen LogP contribution in [0.4, 0.5) is 0 Å². The van der Waals surface area contributed by atoms with Crippen molar-refractivity contribution >= 4 is 30.2 Å². The summed E-state index contributed by atoms with van der Waals surface area (Å²) in [5.41, 5.74) is 12.0. The molecule has 35 heavy (non-hydrogen) atoms. The first-order valence-electron chi connectivity index (χ1n) is 12.2. The number of rotatable bonds is 2. The van der Waals surface area contributed by atoms with E-state index in [1.165, 1.54) is 11.1 Å². The molecule has 0 fully saturated rings. The third-order valence-electron chi connectivity index (χ3n) is 6.33. The molecule has 3 rings (SSSR count). The maximum absolute atomic E-state index is 6.54. The van der Waals surface area contributed by atoms with Crippen molar-refractivity contribution in [2.75, 3.05) is 6.73 Å². The van der Waals surface area contributed by atoms with Gasteiger partial charge in [-0.1, -0.05) is 103 Å². The Morgan fingerprint density at radius 2 is 0.971 bits per heavy atom. The summed E-state index contributed by atoms with van der Waals surface area (Å²) in [6.07, 6.45) is 0. The van der Waals surface area contributed by atoms with Gasteiger partial charge in [-0.2, -0.15) is 0 Å². The molecule has 5 heteroatoms. The molecule has 0 saturated carbocycles. The highest BCUT2D eigenvalue weighted by atomic mass is 31.1. The molecule has 0 amide bonds. The third kappa shape index (κ3) is 6.16. The number of nitrogens with two attached hydrogens (primary N) is 1. The Labute approximate surface area is 214 Å². The molecular weight excluding hydrogens is 453 g/mol. The van der Waals surface area contributed by atoms with E-state index in [0.717, 1.165) is 33.1 Å². The minimum Gasteiger partial charge on any atom is -0.399 e. The van der Waals surface area contributed by atoms with Gasteiger partial charge in [-0.25, -0.2) is 0 Å². The van der Waals surface area contributed by atoms with E-state index in [2.05, 4.69) is 107 Å². The average molecular weight is 502 g/mol. The first-order valence-corrected chi connectivity index (χ1v) is 13.3. The van der Waals surface area contributed by atoms with Crippen molar-refractivity contribution in [1.29, 1.82) is 0 Å². The van der Waals surface area contributed by atoms with E-state index in [-0.39, 0.29) is 35.8 Å². The second kappa shape index (κ2) is 9.61. The molecule has 1 aromatic heterocycles. The van der Waals surface area contributed by atoms with Crippen molar-refractivity contribution in [2.24, 2.45) is 5.73 Å². The van der Waals surface area contributed by atoms with Crippen LogP contribution in [-0.4, -0.2) is 6.73 Å². The van der Waals surface area contributed by atoms with E-state index in [0.29, 0.717) is 0 Å². The predicted octanol–water partition coefficient (Wildman–Crippen LogP) is 9.46. The molecule has 0 aliphatic rings. The molecule has 0 aliphatic heterocycles. The largest absolute Gasteiger partial charge is 0.399 e. The molecule has 1 heterocycles. The maximum Gasteiger partial charge on any atom is 0.388 e. The molecule has 0 radical (unpaired) electrons. The third-order valence-corrected chi connectivity index (χ3v) is 7.35. The molecule has 4 nitrogen and oxygen atoms in total. The Morgan fingerprint density at radius 1 is 0.629 bits per heavy atom. The Bertz CT molecular complexity index is 1150. The number of hydrogen-bond donors (Lipinski definition) is 1. The van der Waals surface area contributed by atoms with Gasteiger partial charge in [0.25, 0.3) is 0 Å². The SMILES string of the molecule is C.CC(C)(C)c1cc(C(C)(C)C)c2op(OCN)oc3c(C(C)(C)C)cc(C(C)(C)C)cc3c2c1. The number of hydrogen-bond acceptors (Lipinski definition) is 4. The molecule has 2 N–H and O–H groups in total. The predicted molar refractivity (Wildman–Crippen MR) is 153 cm³/mol. The molecule has 0 saturated heterocycles. The minimum atomic E-state index is -1.70. The normalized spacial score (nSPS) is 13.3. The molecular formula is C30H48NO3P. The Hall–Kier alpha value is -1.74. The van der Waals surface area contributed by atoms with Gasteiger partial charge in [0.1, 0.15) is 17.9 Å². The summed E-state index contributed by atoms with van der Waals surface area (Å²) in [5, 5.41) is 2.13. The fourth-order valence-corrected chi connectivity index (χ4v) is 5.07. The second-order valence-corrected chi connectivity index (χ2v) is 14.6. The zero-order chi connectivity index (χ0) is 25.9. The van der Waals surface area contributed by atoms with Crippen molar-refractivity contribution in [3.05, 3.63) is 46.5 Å². The van der Waals surface area contributed by atoms with E-state index in [9.17, 15) is 0 Å². The van der Waals surface area contributed by atoms with Crippen LogP contribution in [0.3, 0.4) is 0 Å². The van der Waals surface area contributed by atoms with Gasteiger partial charge >= 0.3 is 8.24 Å². The summed E-state index contributed by atoms with van der Waals surface area (Å²) in [6, 6.07) is 9.15. The summed E-state index contributed by atoms with van der Waals surface area (Å²) in [4.78, 5) is 0. The Morgan fingerprint density at radius 3 is 1.23 bits per heavy atom. The first-order chi connectivity index (χ1) is 15.3. The van der Waals surface area contributed by atoms with Crippen molar-refractivity contribution < 1.29 is 12.9 Å². The monoisotopic (exact) mass is 501 g/mol. The molecule has 196 valence electrons. The fourth-order valence-electron chi connectivity index (χ4n) is 4.12. The molecule has 3 aromatic rings. The zero-order valence-corrected chi connectivity index (χ0v) is 24.2. The smallest absolute Gasteiger partial charge is 0.388 e. The van der Waals surface area contributed by atoms with Crippen LogP contribution in [0.5, 0.6) is 0 Å². The van der Waals surface area contributed by atoms with Crippen LogP contribution in [0.25, 0.3) is 21.9 Å². The number of benzene rings is 2. The van der Waals surface area contributed by atoms with Gasteiger partial charge in [-0.15, -0.1) is 0 Å². The summed E-state index contributed by atoms with van der Waals surface area (Å²) in [5.74, 6) is 0. The van der Waals surface area contributed by atoms with Crippen molar-refractivity contribution in [3.8, 4) is 0 Å². The van der Waals surface area contributed by atoms with Gasteiger partial charge < -0.3 is 14.1 Å². The van der Waals surface area contributed by atoms with Crippen LogP contribution in [0, 0.1) is 0 Å². The summed E-state index contributed by atoms with van der Waals surface area (Å²) >= 11 is 0. The van der Waals surface area contributed by atoms with Crippen LogP contribution in [-0.2, 0) is 21.7 Å². The van der Waals surface area contributed by atoms with Gasteiger partial charge in [0.05, 0.1) is 0 Å². The molecule has 0 aliphatic carbocycles. The topological polar surface area (TPSA) is 61.5 Å². The quantitative estimate of drug-likeness (QED) is 0.355. The van der Waals surface area contributed by atoms with Gasteiger partial charge in [-0.3, -0.25) is 4.52 Å². The Balaban J connectivity index is 0.00000432. The van der Waals surface area contributed by atoms with Gasteiger partial charge in [0.15, 0.2) is 0 Å². The van der Waals surface area contributed by atoms with E-state index in [1.807, 2.05) is 0 Å². The van der Waals surface area contributed by atoms with E-state index in [1.54, 1.807) is 0 Å². The second-order valence-electron chi connectivity index (χ2n) is 13.5. The molecule has 0 spiro atoms. The number of fused-ring (bicyclic) bond motifs is 3. The average Bonchev–Trinajstić information content (AvgIpc) is 2.80. The highest BCUT2D eigenvalue weighted by Crippen LogP contribution is 2.44. The highest BCUT2D eigenvalue weighted by molar-refractivity contribution is 7.31. The minimum absolute atomic E-state index is 0. The van der Waals surface area contributed by atoms with Crippen molar-refractivity contribution in [2.45, 2.75) is 112 Å². The van der Waals surface area contributed by atoms with E-state index < -0.39 is 8.24 Å². The van der Waals surface area contributed by atoms with Crippen LogP contribution < -0.4 is 10.3 Å². The lowest BCUT2D eigenvalue weighted by molar-refractivity contribution is 0.382. The summed E-state index contributed by atoms with van der Waals surface area (Å²) < 4.78 is 18.9. The first kappa shape index (κ1) is 29.5. The van der Waals surface area contributed by atoms with Crippen molar-refractivity contribution in [1.82, 2.24) is 0 Å². The van der Waals surface area contributed by atoms with Crippen LogP contribution in [0.15, 0.2) is 32.7 Å². The standard InChI is InChI=1S/C29H44NO3P.CH4/c1-26(2,3)18-13-20-21-14-19(27(4,5)6)16-23(29(10,11)12)25(21)33-34(31-17-30)32-24(20)22(15-18)28(7,8)9;/h13-16H,17,30H2,1-12H3;1H4. The zero-order valence-electron chi connectivity index (χ0n) is 23.3. The van der Waals surface area contributed by atoms with Crippen molar-refractivity contribution in [3.63, 3.8) is 0 Å². The van der Waals surface area contributed by atoms with Crippen LogP contribution >= 0.6 is 8.24 Å². The van der Waals surface area contributed by atoms with Crippen LogP contribution in [0.1, 0.15) is 113 Å². The van der Waals surface area contributed by atoms with E-state index in [4.69, 9.17) is 18.7 Å². The highest BCUT2D eigenvalue weighted by Gasteiger charge is 2.28. The molecule has 0 bridgehead atoms. The lowest BCUT2D eigenvalue weighted by Gasteiger charge is -2.27. The molecule has 0 atom stereocenters. The van der Waals surface area contributed by atoms with Gasteiger partial charge in [-0.05, 0) is 44.9 Å². The van der Waals surface area contributed by atoms with Gasteiger partial charge in [0.2, 0.25) is 0 Å². The van der Waals surface area contributed by atoms with Crippen LogP contribution in [0.2, 0.25) is 0 Å². The van der Waals surface area contributed by atoms with E-state index >= 15 is 0 Å². The lowest BCUT2D eigenvalue weighted by atomic mass is 9.77. The Kier molecular flexibility index (Phi) is 8.10. The molecule has 0 unspecified atom stereocenters. The molecule has 2 aromatic carbocycles. The maximum atomic E-state index is 6.54. The fraction of sp³-hybridized carbons (Fsp3) is 0.600. The summed E-state index contributed by atoms with van der Waals surface area (Å²) in [6.45, 7) is 26.9. The summed E-state index contributed by atoms with van der Waals surface area (Å²) in [7, 11) is -1.70. The lowest BCUT2D eigenvalue weighted by Crippen LogP contribution is -2.17.